The van der Waals surface area contributed by atoms with Gasteiger partial charge < -0.3 is 19.3 Å². The van der Waals surface area contributed by atoms with E-state index in [9.17, 15) is 5.11 Å². The number of aliphatic hydroxyl groups is 1. The van der Waals surface area contributed by atoms with Gasteiger partial charge in [-0.25, -0.2) is 4.68 Å². The molecule has 142 valence electrons. The molecule has 0 spiro atoms. The summed E-state index contributed by atoms with van der Waals surface area (Å²) in [6.07, 6.45) is 3.93. The fourth-order valence-electron chi connectivity index (χ4n) is 3.43. The number of hydrogen-bond acceptors (Lipinski definition) is 5. The second-order valence-corrected chi connectivity index (χ2v) is 6.69. The lowest BCUT2D eigenvalue weighted by Crippen LogP contribution is -2.33. The first-order valence-electron chi connectivity index (χ1n) is 9.20. The number of methoxy groups -OCH3 is 1. The van der Waals surface area contributed by atoms with Crippen molar-refractivity contribution >= 4 is 0 Å². The lowest BCUT2D eigenvalue weighted by Gasteiger charge is -2.33. The molecule has 0 radical (unpaired) electrons. The van der Waals surface area contributed by atoms with Crippen LogP contribution in [0.4, 0.5) is 0 Å². The van der Waals surface area contributed by atoms with Gasteiger partial charge in [0.15, 0.2) is 0 Å². The Morgan fingerprint density at radius 3 is 2.81 bits per heavy atom. The maximum absolute atomic E-state index is 10.5. The van der Waals surface area contributed by atoms with E-state index in [1.165, 1.54) is 5.56 Å². The number of aliphatic hydroxyl groups excluding tert-OH is 1. The van der Waals surface area contributed by atoms with Gasteiger partial charge in [0, 0.05) is 24.9 Å². The van der Waals surface area contributed by atoms with E-state index < -0.39 is 0 Å². The van der Waals surface area contributed by atoms with Crippen molar-refractivity contribution in [2.45, 2.75) is 50.7 Å². The van der Waals surface area contributed by atoms with Crippen molar-refractivity contribution in [2.75, 3.05) is 20.3 Å². The summed E-state index contributed by atoms with van der Waals surface area (Å²) in [5, 5.41) is 14.9. The molecule has 26 heavy (non-hydrogen) atoms. The summed E-state index contributed by atoms with van der Waals surface area (Å²) >= 11 is 0. The predicted molar refractivity (Wildman–Crippen MR) is 97.7 cm³/mol. The van der Waals surface area contributed by atoms with Gasteiger partial charge in [-0.15, -0.1) is 0 Å². The van der Waals surface area contributed by atoms with Gasteiger partial charge in [0.25, 0.3) is 0 Å². The molecule has 1 N–H and O–H groups in total. The van der Waals surface area contributed by atoms with Gasteiger partial charge >= 0.3 is 0 Å². The molecule has 1 saturated carbocycles. The van der Waals surface area contributed by atoms with Crippen molar-refractivity contribution in [2.24, 2.45) is 0 Å². The van der Waals surface area contributed by atoms with Crippen molar-refractivity contribution in [3.63, 3.8) is 0 Å². The molecule has 1 aromatic carbocycles. The number of benzene rings is 1. The van der Waals surface area contributed by atoms with Gasteiger partial charge in [0.2, 0.25) is 0 Å². The molecule has 1 fully saturated rings. The lowest BCUT2D eigenvalue weighted by atomic mass is 9.82. The average Bonchev–Trinajstić information content (AvgIpc) is 3.14. The third-order valence-corrected chi connectivity index (χ3v) is 4.87. The molecule has 3 atom stereocenters. The van der Waals surface area contributed by atoms with Gasteiger partial charge in [-0.1, -0.05) is 30.3 Å². The summed E-state index contributed by atoms with van der Waals surface area (Å²) in [5.74, 6) is 0.0121. The van der Waals surface area contributed by atoms with Crippen LogP contribution in [0.3, 0.4) is 0 Å². The van der Waals surface area contributed by atoms with Crippen LogP contribution in [-0.2, 0) is 27.5 Å². The highest BCUT2D eigenvalue weighted by atomic mass is 16.5. The van der Waals surface area contributed by atoms with Crippen molar-refractivity contribution < 1.29 is 19.3 Å². The second-order valence-electron chi connectivity index (χ2n) is 6.69. The summed E-state index contributed by atoms with van der Waals surface area (Å²) in [6, 6.07) is 12.2. The zero-order chi connectivity index (χ0) is 18.2. The molecule has 1 aromatic heterocycles. The molecule has 1 aliphatic rings. The smallest absolute Gasteiger partial charge is 0.139 e. The Labute approximate surface area is 154 Å². The van der Waals surface area contributed by atoms with E-state index >= 15 is 0 Å². The van der Waals surface area contributed by atoms with E-state index in [2.05, 4.69) is 17.2 Å². The van der Waals surface area contributed by atoms with Crippen LogP contribution in [0.1, 0.15) is 36.4 Å². The summed E-state index contributed by atoms with van der Waals surface area (Å²) in [4.78, 5) is 0. The Balaban J connectivity index is 1.57. The minimum Gasteiger partial charge on any atom is -0.392 e. The van der Waals surface area contributed by atoms with Crippen molar-refractivity contribution in [1.29, 1.82) is 0 Å². The highest BCUT2D eigenvalue weighted by Gasteiger charge is 2.32. The van der Waals surface area contributed by atoms with Crippen LogP contribution >= 0.6 is 0 Å². The van der Waals surface area contributed by atoms with Gasteiger partial charge in [-0.3, -0.25) is 0 Å². The number of ether oxygens (including phenoxy) is 3. The Morgan fingerprint density at radius 2 is 2.00 bits per heavy atom. The summed E-state index contributed by atoms with van der Waals surface area (Å²) in [7, 11) is 1.65. The van der Waals surface area contributed by atoms with Gasteiger partial charge in [-0.05, 0) is 30.9 Å². The normalized spacial score (nSPS) is 23.2. The van der Waals surface area contributed by atoms with E-state index in [-0.39, 0.29) is 18.1 Å². The molecular weight excluding hydrogens is 332 g/mol. The van der Waals surface area contributed by atoms with E-state index in [0.29, 0.717) is 26.6 Å². The van der Waals surface area contributed by atoms with E-state index in [1.54, 1.807) is 13.3 Å². The minimum atomic E-state index is -0.374. The van der Waals surface area contributed by atoms with E-state index in [0.717, 1.165) is 25.0 Å². The highest BCUT2D eigenvalue weighted by Crippen LogP contribution is 2.35. The first-order valence-corrected chi connectivity index (χ1v) is 9.20. The molecule has 1 heterocycles. The molecule has 1 aliphatic carbocycles. The molecule has 2 aromatic rings. The molecule has 0 saturated heterocycles. The first-order chi connectivity index (χ1) is 12.8. The molecule has 6 nitrogen and oxygen atoms in total. The first kappa shape index (κ1) is 19.0. The Hall–Kier alpha value is -1.73. The third kappa shape index (κ3) is 5.14. The molecular formula is C20H28N2O4. The zero-order valence-electron chi connectivity index (χ0n) is 15.3. The van der Waals surface area contributed by atoms with Crippen LogP contribution in [0.15, 0.2) is 42.6 Å². The molecule has 0 aliphatic heterocycles. The van der Waals surface area contributed by atoms with Gasteiger partial charge in [-0.2, -0.15) is 5.10 Å². The number of nitrogens with zero attached hydrogens (tertiary/aromatic N) is 2. The largest absolute Gasteiger partial charge is 0.392 e. The second kappa shape index (κ2) is 9.83. The molecule has 3 unspecified atom stereocenters. The van der Waals surface area contributed by atoms with E-state index in [1.807, 2.05) is 28.9 Å². The van der Waals surface area contributed by atoms with Crippen LogP contribution in [0, 0.1) is 0 Å². The highest BCUT2D eigenvalue weighted by molar-refractivity contribution is 5.14. The lowest BCUT2D eigenvalue weighted by molar-refractivity contribution is -0.0262. The fraction of sp³-hybridized carbons (Fsp3) is 0.550. The standard InChI is InChI=1S/C20H28N2O4/c1-24-11-12-25-15-22-19(9-10-21-22)18-13-17(7-8-20(18)23)26-14-16-5-3-2-4-6-16/h2-6,9-10,17-18,20,23H,7-8,11-15H2,1H3. The molecule has 3 rings (SSSR count). The predicted octanol–water partition coefficient (Wildman–Crippen LogP) is 2.72. The Kier molecular flexibility index (Phi) is 7.20. The number of rotatable bonds is 9. The topological polar surface area (TPSA) is 65.7 Å². The summed E-state index contributed by atoms with van der Waals surface area (Å²) in [5.41, 5.74) is 2.18. The summed E-state index contributed by atoms with van der Waals surface area (Å²) < 4.78 is 18.5. The van der Waals surface area contributed by atoms with Crippen molar-refractivity contribution in [1.82, 2.24) is 9.78 Å². The van der Waals surface area contributed by atoms with Gasteiger partial charge in [0.05, 0.1) is 32.0 Å². The molecule has 0 amide bonds. The van der Waals surface area contributed by atoms with Crippen LogP contribution in [0.2, 0.25) is 0 Å². The third-order valence-electron chi connectivity index (χ3n) is 4.87. The maximum atomic E-state index is 10.5. The molecule has 0 bridgehead atoms. The van der Waals surface area contributed by atoms with Crippen LogP contribution in [0.5, 0.6) is 0 Å². The van der Waals surface area contributed by atoms with Gasteiger partial charge in [0.1, 0.15) is 6.73 Å². The number of aromatic nitrogens is 2. The van der Waals surface area contributed by atoms with Crippen LogP contribution in [0.25, 0.3) is 0 Å². The maximum Gasteiger partial charge on any atom is 0.139 e. The monoisotopic (exact) mass is 360 g/mol. The molecule has 6 heteroatoms. The van der Waals surface area contributed by atoms with E-state index in [4.69, 9.17) is 14.2 Å². The van der Waals surface area contributed by atoms with Crippen molar-refractivity contribution in [3.8, 4) is 0 Å². The zero-order valence-corrected chi connectivity index (χ0v) is 15.3. The number of hydrogen-bond donors (Lipinski definition) is 1. The van der Waals surface area contributed by atoms with Crippen LogP contribution in [-0.4, -0.2) is 47.4 Å². The van der Waals surface area contributed by atoms with Crippen LogP contribution < -0.4 is 0 Å². The summed E-state index contributed by atoms with van der Waals surface area (Å²) in [6.45, 7) is 2.04. The SMILES string of the molecule is COCCOCn1nccc1C1CC(OCc2ccccc2)CCC1O. The quantitative estimate of drug-likeness (QED) is 0.697. The average molecular weight is 360 g/mol. The van der Waals surface area contributed by atoms with Crippen molar-refractivity contribution in [3.05, 3.63) is 53.9 Å². The Morgan fingerprint density at radius 1 is 1.15 bits per heavy atom. The fourth-order valence-corrected chi connectivity index (χ4v) is 3.43. The minimum absolute atomic E-state index is 0.0121. The Bertz CT molecular complexity index is 646.